The Kier molecular flexibility index (Phi) is 4.85. The van der Waals surface area contributed by atoms with Crippen molar-refractivity contribution in [2.75, 3.05) is 13.2 Å². The topological polar surface area (TPSA) is 18.5 Å². The monoisotopic (exact) mass is 314 g/mol. The number of halogens is 1. The Morgan fingerprint density at radius 3 is 2.30 bits per heavy atom. The van der Waals surface area contributed by atoms with Crippen molar-refractivity contribution in [1.82, 2.24) is 0 Å². The highest BCUT2D eigenvalue weighted by Gasteiger charge is 2.25. The highest BCUT2D eigenvalue weighted by Crippen LogP contribution is 2.37. The smallest absolute Gasteiger partial charge is 0.130 e. The Morgan fingerprint density at radius 2 is 1.52 bits per heavy atom. The third-order valence-corrected chi connectivity index (χ3v) is 4.65. The fourth-order valence-electron chi connectivity index (χ4n) is 3.20. The van der Waals surface area contributed by atoms with Crippen molar-refractivity contribution in [1.29, 1.82) is 0 Å². The predicted molar refractivity (Wildman–Crippen MR) is 89.9 cm³/mol. The molecule has 2 unspecified atom stereocenters. The number of hydrogen-bond donors (Lipinski definition) is 0. The number of ether oxygens (including phenoxy) is 2. The number of benzene rings is 2. The summed E-state index contributed by atoms with van der Waals surface area (Å²) in [5.74, 6) is 2.56. The molecule has 0 radical (unpaired) electrons. The van der Waals surface area contributed by atoms with E-state index in [2.05, 4.69) is 26.0 Å². The van der Waals surface area contributed by atoms with Crippen LogP contribution in [-0.4, -0.2) is 13.2 Å². The van der Waals surface area contributed by atoms with Gasteiger partial charge in [0.1, 0.15) is 17.3 Å². The summed E-state index contributed by atoms with van der Waals surface area (Å²) >= 11 is 0. The van der Waals surface area contributed by atoms with Crippen molar-refractivity contribution in [2.24, 2.45) is 0 Å². The van der Waals surface area contributed by atoms with Gasteiger partial charge >= 0.3 is 0 Å². The number of fused-ring (bicyclic) bond motifs is 2. The van der Waals surface area contributed by atoms with Gasteiger partial charge < -0.3 is 9.47 Å². The lowest BCUT2D eigenvalue weighted by Crippen LogP contribution is -1.99. The molecule has 0 spiro atoms. The standard InChI is InChI=1S/C10H11FO.C10H12O/c1-2-7-6-12-9-5-3-4-8(11)10(7)9;1-2-8-7-11-10-6-4-3-5-9(8)10/h3-5,7H,2,6H2,1H3;3-6,8H,2,7H2,1H3. The molecule has 0 aliphatic carbocycles. The maximum absolute atomic E-state index is 13.2. The molecule has 0 amide bonds. The summed E-state index contributed by atoms with van der Waals surface area (Å²) in [4.78, 5) is 0. The molecule has 2 aliphatic heterocycles. The molecule has 2 atom stereocenters. The number of rotatable bonds is 2. The fourth-order valence-corrected chi connectivity index (χ4v) is 3.20. The van der Waals surface area contributed by atoms with Gasteiger partial charge in [-0.1, -0.05) is 38.1 Å². The highest BCUT2D eigenvalue weighted by molar-refractivity contribution is 5.41. The molecule has 23 heavy (non-hydrogen) atoms. The van der Waals surface area contributed by atoms with E-state index >= 15 is 0 Å². The molecule has 2 heterocycles. The van der Waals surface area contributed by atoms with Crippen LogP contribution in [0.4, 0.5) is 4.39 Å². The fraction of sp³-hybridized carbons (Fsp3) is 0.400. The quantitative estimate of drug-likeness (QED) is 0.750. The van der Waals surface area contributed by atoms with Crippen molar-refractivity contribution in [2.45, 2.75) is 38.5 Å². The molecule has 0 aromatic heterocycles. The number of hydrogen-bond acceptors (Lipinski definition) is 2. The van der Waals surface area contributed by atoms with Crippen LogP contribution in [0.2, 0.25) is 0 Å². The first-order valence-corrected chi connectivity index (χ1v) is 8.37. The zero-order valence-electron chi connectivity index (χ0n) is 13.7. The first-order chi connectivity index (χ1) is 11.2. The second kappa shape index (κ2) is 7.03. The SMILES string of the molecule is CCC1COc2cccc(F)c21.CCC1COc2ccccc21. The molecule has 0 bridgehead atoms. The minimum Gasteiger partial charge on any atom is -0.493 e. The average Bonchev–Trinajstić information content (AvgIpc) is 3.19. The first-order valence-electron chi connectivity index (χ1n) is 8.37. The molecular formula is C20H23FO2. The van der Waals surface area contributed by atoms with E-state index < -0.39 is 0 Å². The molecule has 122 valence electrons. The van der Waals surface area contributed by atoms with Gasteiger partial charge in [-0.15, -0.1) is 0 Å². The lowest BCUT2D eigenvalue weighted by molar-refractivity contribution is 0.328. The zero-order chi connectivity index (χ0) is 16.2. The maximum atomic E-state index is 13.2. The Labute approximate surface area is 137 Å². The van der Waals surface area contributed by atoms with Gasteiger partial charge in [0.2, 0.25) is 0 Å². The number of para-hydroxylation sites is 1. The minimum atomic E-state index is -0.128. The summed E-state index contributed by atoms with van der Waals surface area (Å²) < 4.78 is 24.1. The largest absolute Gasteiger partial charge is 0.493 e. The Balaban J connectivity index is 0.000000136. The zero-order valence-corrected chi connectivity index (χ0v) is 13.7. The third kappa shape index (κ3) is 3.19. The minimum absolute atomic E-state index is 0.128. The molecule has 2 aliphatic rings. The van der Waals surface area contributed by atoms with E-state index in [9.17, 15) is 4.39 Å². The van der Waals surface area contributed by atoms with E-state index in [0.717, 1.165) is 30.1 Å². The molecule has 2 aromatic rings. The molecule has 0 saturated carbocycles. The van der Waals surface area contributed by atoms with Crippen molar-refractivity contribution in [3.63, 3.8) is 0 Å². The summed E-state index contributed by atoms with van der Waals surface area (Å²) in [6.45, 7) is 5.76. The van der Waals surface area contributed by atoms with Gasteiger partial charge in [-0.05, 0) is 31.0 Å². The molecule has 2 aromatic carbocycles. The predicted octanol–water partition coefficient (Wildman–Crippen LogP) is 5.28. The molecule has 4 rings (SSSR count). The van der Waals surface area contributed by atoms with Crippen LogP contribution in [0, 0.1) is 5.82 Å². The average molecular weight is 314 g/mol. The van der Waals surface area contributed by atoms with Gasteiger partial charge in [0.15, 0.2) is 0 Å². The normalized spacial score (nSPS) is 20.7. The van der Waals surface area contributed by atoms with Crippen LogP contribution < -0.4 is 9.47 Å². The van der Waals surface area contributed by atoms with Gasteiger partial charge in [-0.25, -0.2) is 4.39 Å². The van der Waals surface area contributed by atoms with Gasteiger partial charge in [0.25, 0.3) is 0 Å². The molecule has 0 saturated heterocycles. The maximum Gasteiger partial charge on any atom is 0.130 e. The summed E-state index contributed by atoms with van der Waals surface area (Å²) in [5.41, 5.74) is 2.15. The van der Waals surface area contributed by atoms with Crippen LogP contribution in [-0.2, 0) is 0 Å². The second-order valence-corrected chi connectivity index (χ2v) is 6.02. The van der Waals surface area contributed by atoms with Gasteiger partial charge in [-0.3, -0.25) is 0 Å². The Bertz CT molecular complexity index is 668. The summed E-state index contributed by atoms with van der Waals surface area (Å²) in [6.07, 6.45) is 2.12. The van der Waals surface area contributed by atoms with Crippen molar-refractivity contribution in [3.05, 3.63) is 59.4 Å². The van der Waals surface area contributed by atoms with E-state index in [-0.39, 0.29) is 11.7 Å². The van der Waals surface area contributed by atoms with Crippen LogP contribution in [0.1, 0.15) is 49.7 Å². The second-order valence-electron chi connectivity index (χ2n) is 6.02. The van der Waals surface area contributed by atoms with Gasteiger partial charge in [0, 0.05) is 23.0 Å². The molecule has 0 fully saturated rings. The van der Waals surface area contributed by atoms with Crippen LogP contribution in [0.5, 0.6) is 11.5 Å². The van der Waals surface area contributed by atoms with Crippen molar-refractivity contribution in [3.8, 4) is 11.5 Å². The highest BCUT2D eigenvalue weighted by atomic mass is 19.1. The lowest BCUT2D eigenvalue weighted by atomic mass is 9.98. The van der Waals surface area contributed by atoms with E-state index in [1.165, 1.54) is 18.1 Å². The summed E-state index contributed by atoms with van der Waals surface area (Å²) in [6, 6.07) is 13.3. The van der Waals surface area contributed by atoms with Gasteiger partial charge in [0.05, 0.1) is 13.2 Å². The molecule has 0 N–H and O–H groups in total. The lowest BCUT2D eigenvalue weighted by Gasteiger charge is -2.04. The van der Waals surface area contributed by atoms with E-state index in [0.29, 0.717) is 12.5 Å². The molecular weight excluding hydrogens is 291 g/mol. The van der Waals surface area contributed by atoms with E-state index in [1.807, 2.05) is 18.2 Å². The molecule has 2 nitrogen and oxygen atoms in total. The Hall–Kier alpha value is -2.03. The van der Waals surface area contributed by atoms with Crippen molar-refractivity contribution < 1.29 is 13.9 Å². The van der Waals surface area contributed by atoms with Crippen LogP contribution in [0.15, 0.2) is 42.5 Å². The van der Waals surface area contributed by atoms with E-state index in [4.69, 9.17) is 9.47 Å². The summed E-state index contributed by atoms with van der Waals surface area (Å²) in [7, 11) is 0. The third-order valence-electron chi connectivity index (χ3n) is 4.65. The van der Waals surface area contributed by atoms with Crippen LogP contribution in [0.25, 0.3) is 0 Å². The van der Waals surface area contributed by atoms with Crippen molar-refractivity contribution >= 4 is 0 Å². The summed E-state index contributed by atoms with van der Waals surface area (Å²) in [5, 5.41) is 0. The van der Waals surface area contributed by atoms with E-state index in [1.54, 1.807) is 6.07 Å². The first kappa shape index (κ1) is 15.9. The molecule has 3 heteroatoms. The van der Waals surface area contributed by atoms with Crippen LogP contribution in [0.3, 0.4) is 0 Å². The Morgan fingerprint density at radius 1 is 0.870 bits per heavy atom. The van der Waals surface area contributed by atoms with Gasteiger partial charge in [-0.2, -0.15) is 0 Å². The van der Waals surface area contributed by atoms with Crippen LogP contribution >= 0.6 is 0 Å².